The summed E-state index contributed by atoms with van der Waals surface area (Å²) in [6.45, 7) is 2.23. The Morgan fingerprint density at radius 1 is 1.04 bits per heavy atom. The fourth-order valence-electron chi connectivity index (χ4n) is 3.01. The minimum Gasteiger partial charge on any atom is -0.258 e. The first kappa shape index (κ1) is 18.3. The summed E-state index contributed by atoms with van der Waals surface area (Å²) < 4.78 is 0. The van der Waals surface area contributed by atoms with Crippen LogP contribution >= 0.6 is 11.3 Å². The SMILES string of the molecule is CCCCCCc1ccsc1-c1ccnc(-c2ccc([N+](=O)[O-])cc2)c1. The lowest BCUT2D eigenvalue weighted by Gasteiger charge is -2.07. The molecule has 0 fully saturated rings. The van der Waals surface area contributed by atoms with Crippen molar-refractivity contribution in [1.29, 1.82) is 0 Å². The minimum absolute atomic E-state index is 0.0949. The second-order valence-corrected chi connectivity index (χ2v) is 7.24. The van der Waals surface area contributed by atoms with Crippen LogP contribution in [0.15, 0.2) is 54.0 Å². The van der Waals surface area contributed by atoms with E-state index in [0.29, 0.717) is 0 Å². The molecule has 3 rings (SSSR count). The van der Waals surface area contributed by atoms with E-state index in [-0.39, 0.29) is 10.6 Å². The van der Waals surface area contributed by atoms with Gasteiger partial charge >= 0.3 is 0 Å². The van der Waals surface area contributed by atoms with Crippen molar-refractivity contribution < 1.29 is 4.92 Å². The van der Waals surface area contributed by atoms with Gasteiger partial charge in [0.25, 0.3) is 5.69 Å². The van der Waals surface area contributed by atoms with E-state index in [0.717, 1.165) is 23.2 Å². The lowest BCUT2D eigenvalue weighted by molar-refractivity contribution is -0.384. The molecule has 134 valence electrons. The number of rotatable bonds is 8. The lowest BCUT2D eigenvalue weighted by Crippen LogP contribution is -1.90. The lowest BCUT2D eigenvalue weighted by atomic mass is 10.0. The van der Waals surface area contributed by atoms with Gasteiger partial charge in [0.2, 0.25) is 0 Å². The molecule has 0 aliphatic rings. The Morgan fingerprint density at radius 3 is 2.58 bits per heavy atom. The average molecular weight is 366 g/mol. The van der Waals surface area contributed by atoms with Gasteiger partial charge in [-0.2, -0.15) is 0 Å². The van der Waals surface area contributed by atoms with E-state index in [1.165, 1.54) is 48.3 Å². The largest absolute Gasteiger partial charge is 0.269 e. The van der Waals surface area contributed by atoms with Crippen LogP contribution in [0.1, 0.15) is 38.2 Å². The molecule has 26 heavy (non-hydrogen) atoms. The number of non-ortho nitro benzene ring substituents is 1. The van der Waals surface area contributed by atoms with Crippen LogP contribution in [0.5, 0.6) is 0 Å². The maximum atomic E-state index is 10.8. The minimum atomic E-state index is -0.385. The summed E-state index contributed by atoms with van der Waals surface area (Å²) >= 11 is 1.76. The number of unbranched alkanes of at least 4 members (excludes halogenated alkanes) is 3. The summed E-state index contributed by atoms with van der Waals surface area (Å²) in [4.78, 5) is 16.2. The Balaban J connectivity index is 1.81. The molecule has 0 saturated heterocycles. The number of benzene rings is 1. The van der Waals surface area contributed by atoms with Crippen molar-refractivity contribution in [3.8, 4) is 21.7 Å². The van der Waals surface area contributed by atoms with Crippen LogP contribution in [-0.4, -0.2) is 9.91 Å². The number of nitro groups is 1. The molecule has 0 amide bonds. The second kappa shape index (κ2) is 8.72. The van der Waals surface area contributed by atoms with E-state index < -0.39 is 0 Å². The molecule has 2 heterocycles. The first-order valence-electron chi connectivity index (χ1n) is 8.96. The standard InChI is InChI=1S/C21H22N2O2S/c1-2-3-4-5-6-17-12-14-26-21(17)18-11-13-22-20(15-18)16-7-9-19(10-8-16)23(24)25/h7-15H,2-6H2,1H3. The number of aryl methyl sites for hydroxylation is 1. The second-order valence-electron chi connectivity index (χ2n) is 6.32. The monoisotopic (exact) mass is 366 g/mol. The summed E-state index contributed by atoms with van der Waals surface area (Å²) in [5, 5.41) is 13.0. The van der Waals surface area contributed by atoms with Gasteiger partial charge in [-0.3, -0.25) is 15.1 Å². The van der Waals surface area contributed by atoms with Gasteiger partial charge in [0.05, 0.1) is 10.6 Å². The van der Waals surface area contributed by atoms with Crippen molar-refractivity contribution in [1.82, 2.24) is 4.98 Å². The Hall–Kier alpha value is -2.53. The van der Waals surface area contributed by atoms with E-state index in [1.54, 1.807) is 23.5 Å². The summed E-state index contributed by atoms with van der Waals surface area (Å²) in [7, 11) is 0. The molecule has 0 aliphatic carbocycles. The molecule has 0 bridgehead atoms. The third-order valence-electron chi connectivity index (χ3n) is 4.44. The van der Waals surface area contributed by atoms with Crippen LogP contribution in [0.4, 0.5) is 5.69 Å². The van der Waals surface area contributed by atoms with E-state index in [4.69, 9.17) is 0 Å². The highest BCUT2D eigenvalue weighted by Crippen LogP contribution is 2.33. The maximum absolute atomic E-state index is 10.8. The molecule has 0 atom stereocenters. The molecule has 0 saturated carbocycles. The molecule has 4 nitrogen and oxygen atoms in total. The van der Waals surface area contributed by atoms with Crippen LogP contribution in [0.3, 0.4) is 0 Å². The Labute approximate surface area is 157 Å². The van der Waals surface area contributed by atoms with Gasteiger partial charge in [0.1, 0.15) is 0 Å². The van der Waals surface area contributed by atoms with Crippen LogP contribution in [0, 0.1) is 10.1 Å². The van der Waals surface area contributed by atoms with Crippen LogP contribution in [0.2, 0.25) is 0 Å². The molecule has 0 spiro atoms. The molecule has 1 aromatic carbocycles. The summed E-state index contributed by atoms with van der Waals surface area (Å²) in [5.41, 5.74) is 4.37. The van der Waals surface area contributed by atoms with Crippen molar-refractivity contribution in [3.63, 3.8) is 0 Å². The Morgan fingerprint density at radius 2 is 1.85 bits per heavy atom. The number of thiophene rings is 1. The first-order valence-corrected chi connectivity index (χ1v) is 9.84. The van der Waals surface area contributed by atoms with Crippen LogP contribution in [0.25, 0.3) is 21.7 Å². The van der Waals surface area contributed by atoms with Gasteiger partial charge in [-0.05, 0) is 59.7 Å². The Kier molecular flexibility index (Phi) is 6.12. The van der Waals surface area contributed by atoms with Crippen LogP contribution in [-0.2, 0) is 6.42 Å². The molecule has 0 N–H and O–H groups in total. The molecule has 0 unspecified atom stereocenters. The number of nitro benzene ring substituents is 1. The van der Waals surface area contributed by atoms with E-state index >= 15 is 0 Å². The van der Waals surface area contributed by atoms with Gasteiger partial charge in [0, 0.05) is 28.8 Å². The van der Waals surface area contributed by atoms with E-state index in [2.05, 4.69) is 29.4 Å². The number of nitrogens with zero attached hydrogens (tertiary/aromatic N) is 2. The number of hydrogen-bond acceptors (Lipinski definition) is 4. The molecular weight excluding hydrogens is 344 g/mol. The number of aromatic nitrogens is 1. The predicted octanol–water partition coefficient (Wildman–Crippen LogP) is 6.51. The third-order valence-corrected chi connectivity index (χ3v) is 5.45. The van der Waals surface area contributed by atoms with Gasteiger partial charge < -0.3 is 0 Å². The zero-order valence-corrected chi connectivity index (χ0v) is 15.7. The summed E-state index contributed by atoms with van der Waals surface area (Å²) in [5.74, 6) is 0. The normalized spacial score (nSPS) is 10.8. The quantitative estimate of drug-likeness (QED) is 0.259. The average Bonchev–Trinajstić information content (AvgIpc) is 3.14. The van der Waals surface area contributed by atoms with Crippen molar-refractivity contribution in [2.75, 3.05) is 0 Å². The highest BCUT2D eigenvalue weighted by molar-refractivity contribution is 7.13. The topological polar surface area (TPSA) is 56.0 Å². The molecule has 3 aromatic rings. The van der Waals surface area contributed by atoms with Gasteiger partial charge in [-0.25, -0.2) is 0 Å². The molecule has 0 aliphatic heterocycles. The molecular formula is C21H22N2O2S. The molecule has 0 radical (unpaired) electrons. The van der Waals surface area contributed by atoms with Crippen molar-refractivity contribution >= 4 is 17.0 Å². The van der Waals surface area contributed by atoms with Gasteiger partial charge in [0.15, 0.2) is 0 Å². The number of hydrogen-bond donors (Lipinski definition) is 0. The smallest absolute Gasteiger partial charge is 0.258 e. The Bertz CT molecular complexity index is 872. The molecule has 5 heteroatoms. The first-order chi connectivity index (χ1) is 12.7. The zero-order chi connectivity index (χ0) is 18.4. The number of pyridine rings is 1. The van der Waals surface area contributed by atoms with Crippen molar-refractivity contribution in [2.24, 2.45) is 0 Å². The highest BCUT2D eigenvalue weighted by Gasteiger charge is 2.10. The van der Waals surface area contributed by atoms with E-state index in [1.807, 2.05) is 12.3 Å². The van der Waals surface area contributed by atoms with Crippen LogP contribution < -0.4 is 0 Å². The predicted molar refractivity (Wildman–Crippen MR) is 107 cm³/mol. The van der Waals surface area contributed by atoms with Crippen molar-refractivity contribution in [2.45, 2.75) is 39.0 Å². The summed E-state index contributed by atoms with van der Waals surface area (Å²) in [6.07, 6.45) is 7.95. The highest BCUT2D eigenvalue weighted by atomic mass is 32.1. The summed E-state index contributed by atoms with van der Waals surface area (Å²) in [6, 6.07) is 12.9. The zero-order valence-electron chi connectivity index (χ0n) is 14.9. The van der Waals surface area contributed by atoms with Gasteiger partial charge in [-0.1, -0.05) is 26.2 Å². The fourth-order valence-corrected chi connectivity index (χ4v) is 3.96. The third kappa shape index (κ3) is 4.35. The maximum Gasteiger partial charge on any atom is 0.269 e. The molecule has 2 aromatic heterocycles. The van der Waals surface area contributed by atoms with Gasteiger partial charge in [-0.15, -0.1) is 11.3 Å². The van der Waals surface area contributed by atoms with Crippen molar-refractivity contribution in [3.05, 3.63) is 69.7 Å². The van der Waals surface area contributed by atoms with E-state index in [9.17, 15) is 10.1 Å². The fraction of sp³-hybridized carbons (Fsp3) is 0.286.